The number of likely N-dealkylation sites (tertiary alicyclic amines) is 1. The van der Waals surface area contributed by atoms with Gasteiger partial charge < -0.3 is 19.5 Å². The van der Waals surface area contributed by atoms with Gasteiger partial charge in [0, 0.05) is 35.7 Å². The van der Waals surface area contributed by atoms with Crippen LogP contribution >= 0.6 is 0 Å². The Bertz CT molecular complexity index is 1800. The Morgan fingerprint density at radius 1 is 0.804 bits per heavy atom. The molecule has 1 heterocycles. The van der Waals surface area contributed by atoms with Crippen LogP contribution in [0.25, 0.3) is 21.9 Å². The first kappa shape index (κ1) is 30.9. The van der Waals surface area contributed by atoms with Gasteiger partial charge in [0.05, 0.1) is 0 Å². The summed E-state index contributed by atoms with van der Waals surface area (Å²) >= 11 is 0. The molecule has 7 nitrogen and oxygen atoms in total. The lowest BCUT2D eigenvalue weighted by Gasteiger charge is -2.26. The van der Waals surface area contributed by atoms with Gasteiger partial charge in [0.25, 0.3) is 5.91 Å². The van der Waals surface area contributed by atoms with Crippen LogP contribution < -0.4 is 19.5 Å². The van der Waals surface area contributed by atoms with Gasteiger partial charge in [0.1, 0.15) is 36.2 Å². The van der Waals surface area contributed by atoms with Gasteiger partial charge in [-0.1, -0.05) is 48.9 Å². The second-order valence-electron chi connectivity index (χ2n) is 11.4. The Balaban J connectivity index is 1.29. The van der Waals surface area contributed by atoms with Crippen LogP contribution in [0.4, 0.5) is 0 Å². The van der Waals surface area contributed by atoms with Gasteiger partial charge in [0.2, 0.25) is 0 Å². The van der Waals surface area contributed by atoms with Gasteiger partial charge in [-0.05, 0) is 103 Å². The van der Waals surface area contributed by atoms with E-state index in [-0.39, 0.29) is 5.91 Å². The molecule has 0 aromatic heterocycles. The molecule has 1 aliphatic rings. The highest BCUT2D eigenvalue weighted by Crippen LogP contribution is 2.41. The van der Waals surface area contributed by atoms with Gasteiger partial charge in [-0.15, -0.1) is 0 Å². The first-order chi connectivity index (χ1) is 22.6. The number of aldehydes is 1. The van der Waals surface area contributed by atoms with Crippen molar-refractivity contribution in [3.63, 3.8) is 0 Å². The van der Waals surface area contributed by atoms with Crippen LogP contribution in [-0.4, -0.2) is 50.4 Å². The molecule has 234 valence electrons. The van der Waals surface area contributed by atoms with E-state index >= 15 is 0 Å². The zero-order valence-corrected chi connectivity index (χ0v) is 26.0. The van der Waals surface area contributed by atoms with Crippen molar-refractivity contribution in [2.45, 2.75) is 25.9 Å². The van der Waals surface area contributed by atoms with E-state index in [0.29, 0.717) is 42.1 Å². The minimum absolute atomic E-state index is 0.304. The molecule has 1 N–H and O–H groups in total. The van der Waals surface area contributed by atoms with E-state index < -0.39 is 0 Å². The van der Waals surface area contributed by atoms with E-state index in [1.807, 2.05) is 91.0 Å². The molecule has 0 atom stereocenters. The highest BCUT2D eigenvalue weighted by atomic mass is 16.5. The fourth-order valence-electron chi connectivity index (χ4n) is 5.81. The van der Waals surface area contributed by atoms with Gasteiger partial charge in [-0.2, -0.15) is 0 Å². The van der Waals surface area contributed by atoms with Crippen LogP contribution in [0.2, 0.25) is 0 Å². The highest BCUT2D eigenvalue weighted by molar-refractivity contribution is 6.03. The summed E-state index contributed by atoms with van der Waals surface area (Å²) in [6.07, 6.45) is 4.55. The number of fused-ring (bicyclic) bond motifs is 1. The Hall–Kier alpha value is -5.14. The fourth-order valence-corrected chi connectivity index (χ4v) is 5.81. The molecular weight excluding hydrogens is 576 g/mol. The topological polar surface area (TPSA) is 77.1 Å². The molecule has 46 heavy (non-hydrogen) atoms. The van der Waals surface area contributed by atoms with Crippen LogP contribution in [0.3, 0.4) is 0 Å². The maximum atomic E-state index is 12.4. The zero-order chi connectivity index (χ0) is 31.7. The smallest absolute Gasteiger partial charge is 0.251 e. The van der Waals surface area contributed by atoms with Crippen molar-refractivity contribution >= 4 is 23.0 Å². The third-order valence-electron chi connectivity index (χ3n) is 8.32. The molecule has 5 aromatic rings. The molecule has 0 saturated carbocycles. The van der Waals surface area contributed by atoms with E-state index in [4.69, 9.17) is 14.2 Å². The lowest BCUT2D eigenvalue weighted by atomic mass is 9.96. The number of nitrogens with zero attached hydrogens (tertiary/aromatic N) is 1. The van der Waals surface area contributed by atoms with Gasteiger partial charge in [-0.25, -0.2) is 0 Å². The number of benzene rings is 5. The van der Waals surface area contributed by atoms with Crippen LogP contribution in [0.5, 0.6) is 23.0 Å². The maximum Gasteiger partial charge on any atom is 0.251 e. The molecule has 0 bridgehead atoms. The lowest BCUT2D eigenvalue weighted by molar-refractivity contribution is 0.0957. The number of carbonyl (C=O) groups excluding carboxylic acids is 2. The summed E-state index contributed by atoms with van der Waals surface area (Å²) in [6, 6.07) is 32.9. The van der Waals surface area contributed by atoms with Crippen molar-refractivity contribution in [3.8, 4) is 34.1 Å². The van der Waals surface area contributed by atoms with E-state index in [9.17, 15) is 9.59 Å². The second kappa shape index (κ2) is 14.8. The van der Waals surface area contributed by atoms with Crippen molar-refractivity contribution < 1.29 is 23.8 Å². The first-order valence-corrected chi connectivity index (χ1v) is 15.8. The predicted molar refractivity (Wildman–Crippen MR) is 181 cm³/mol. The third-order valence-corrected chi connectivity index (χ3v) is 8.32. The van der Waals surface area contributed by atoms with Crippen molar-refractivity contribution in [1.29, 1.82) is 0 Å². The maximum absolute atomic E-state index is 12.4. The molecule has 1 aliphatic heterocycles. The van der Waals surface area contributed by atoms with Gasteiger partial charge >= 0.3 is 0 Å². The number of amides is 1. The summed E-state index contributed by atoms with van der Waals surface area (Å²) in [5.74, 6) is 2.52. The number of rotatable bonds is 12. The van der Waals surface area contributed by atoms with Crippen LogP contribution in [0, 0.1) is 0 Å². The Labute approximate surface area is 269 Å². The standard InChI is InChI=1S/C39H38N2O5/c1-40-39(43)37-18-11-29(24-31(37)26-42)35-17-10-30-25-34(45-27-28-8-4-2-5-9-28)16-19-36(30)38(35)46-33-14-12-32(13-15-33)44-23-22-41-20-6-3-7-21-41/h2,4-5,8-19,24-26H,3,6-7,20-23,27H2,1H3,(H,40,43). The number of hydrogen-bond acceptors (Lipinski definition) is 6. The van der Waals surface area contributed by atoms with E-state index in [2.05, 4.69) is 10.2 Å². The van der Waals surface area contributed by atoms with Gasteiger partial charge in [0.15, 0.2) is 6.29 Å². The van der Waals surface area contributed by atoms with E-state index in [0.717, 1.165) is 58.6 Å². The molecular formula is C39H38N2O5. The minimum atomic E-state index is -0.315. The van der Waals surface area contributed by atoms with Crippen LogP contribution in [-0.2, 0) is 6.61 Å². The summed E-state index contributed by atoms with van der Waals surface area (Å²) in [5.41, 5.74) is 3.26. The average molecular weight is 615 g/mol. The largest absolute Gasteiger partial charge is 0.492 e. The number of hydrogen-bond donors (Lipinski definition) is 1. The van der Waals surface area contributed by atoms with Crippen molar-refractivity contribution in [2.24, 2.45) is 0 Å². The molecule has 1 fully saturated rings. The average Bonchev–Trinajstić information content (AvgIpc) is 3.11. The quantitative estimate of drug-likeness (QED) is 0.144. The molecule has 7 heteroatoms. The van der Waals surface area contributed by atoms with Gasteiger partial charge in [-0.3, -0.25) is 14.5 Å². The number of carbonyl (C=O) groups is 2. The SMILES string of the molecule is CNC(=O)c1ccc(-c2ccc3cc(OCc4ccccc4)ccc3c2Oc2ccc(OCCN3CCCCC3)cc2)cc1C=O. The van der Waals surface area contributed by atoms with Crippen LogP contribution in [0.15, 0.2) is 103 Å². The first-order valence-electron chi connectivity index (χ1n) is 15.8. The molecule has 0 spiro atoms. The monoisotopic (exact) mass is 614 g/mol. The summed E-state index contributed by atoms with van der Waals surface area (Å²) in [4.78, 5) is 26.8. The van der Waals surface area contributed by atoms with E-state index in [1.165, 1.54) is 19.3 Å². The molecule has 1 amide bonds. The molecule has 5 aromatic carbocycles. The second-order valence-corrected chi connectivity index (χ2v) is 11.4. The lowest BCUT2D eigenvalue weighted by Crippen LogP contribution is -2.33. The van der Waals surface area contributed by atoms with Crippen molar-refractivity contribution in [3.05, 3.63) is 120 Å². The third kappa shape index (κ3) is 7.38. The zero-order valence-electron chi connectivity index (χ0n) is 26.0. The highest BCUT2D eigenvalue weighted by Gasteiger charge is 2.17. The number of piperidine rings is 1. The summed E-state index contributed by atoms with van der Waals surface area (Å²) in [6.45, 7) is 4.33. The fraction of sp³-hybridized carbons (Fsp3) is 0.231. The Kier molecular flexibility index (Phi) is 9.90. The van der Waals surface area contributed by atoms with Crippen molar-refractivity contribution in [1.82, 2.24) is 10.2 Å². The Morgan fingerprint density at radius 2 is 1.57 bits per heavy atom. The number of nitrogens with one attached hydrogen (secondary N) is 1. The van der Waals surface area contributed by atoms with Crippen LogP contribution in [0.1, 0.15) is 45.5 Å². The summed E-state index contributed by atoms with van der Waals surface area (Å²) in [5, 5.41) is 4.42. The molecule has 0 aliphatic carbocycles. The summed E-state index contributed by atoms with van der Waals surface area (Å²) < 4.78 is 18.7. The molecule has 0 unspecified atom stereocenters. The normalized spacial score (nSPS) is 13.2. The molecule has 1 saturated heterocycles. The van der Waals surface area contributed by atoms with E-state index in [1.54, 1.807) is 19.2 Å². The predicted octanol–water partition coefficient (Wildman–Crippen LogP) is 7.91. The Morgan fingerprint density at radius 3 is 2.33 bits per heavy atom. The number of ether oxygens (including phenoxy) is 3. The van der Waals surface area contributed by atoms with Crippen molar-refractivity contribution in [2.75, 3.05) is 33.3 Å². The minimum Gasteiger partial charge on any atom is -0.492 e. The molecule has 6 rings (SSSR count). The summed E-state index contributed by atoms with van der Waals surface area (Å²) in [7, 11) is 1.54. The molecule has 0 radical (unpaired) electrons.